The molecule has 0 bridgehead atoms. The second-order valence-corrected chi connectivity index (χ2v) is 5.32. The molecule has 100 valence electrons. The van der Waals surface area contributed by atoms with Crippen LogP contribution >= 0.6 is 11.6 Å². The zero-order valence-corrected chi connectivity index (χ0v) is 11.5. The summed E-state index contributed by atoms with van der Waals surface area (Å²) in [5.74, 6) is -0.276. The number of carbonyl (C=O) groups excluding carboxylic acids is 1. The Morgan fingerprint density at radius 2 is 2.50 bits per heavy atom. The Balaban J connectivity index is 2.18. The molecule has 0 spiro atoms. The van der Waals surface area contributed by atoms with Crippen LogP contribution in [0.3, 0.4) is 0 Å². The summed E-state index contributed by atoms with van der Waals surface area (Å²) in [6, 6.07) is 0.183. The highest BCUT2D eigenvalue weighted by Gasteiger charge is 2.44. The van der Waals surface area contributed by atoms with Gasteiger partial charge in [0.1, 0.15) is 0 Å². The van der Waals surface area contributed by atoms with Crippen molar-refractivity contribution in [2.24, 2.45) is 5.73 Å². The standard InChI is InChI=1S/C12H19ClN4O/c1-3-15-12(11(14)18)5-4-9(6-12)17-7-10(13)8(2)16-17/h7,9,15H,3-6H2,1-2H3,(H2,14,18). The number of nitrogens with zero attached hydrogens (tertiary/aromatic N) is 2. The number of likely N-dealkylation sites (N-methyl/N-ethyl adjacent to an activating group) is 1. The lowest BCUT2D eigenvalue weighted by Gasteiger charge is -2.26. The Hall–Kier alpha value is -1.07. The van der Waals surface area contributed by atoms with Crippen molar-refractivity contribution in [3.05, 3.63) is 16.9 Å². The number of primary amides is 1. The van der Waals surface area contributed by atoms with Crippen molar-refractivity contribution in [1.82, 2.24) is 15.1 Å². The molecule has 1 heterocycles. The van der Waals surface area contributed by atoms with Gasteiger partial charge in [0.15, 0.2) is 0 Å². The molecule has 1 aromatic rings. The molecule has 1 aliphatic carbocycles. The van der Waals surface area contributed by atoms with Crippen LogP contribution in [0.4, 0.5) is 0 Å². The van der Waals surface area contributed by atoms with Gasteiger partial charge in [-0.3, -0.25) is 9.48 Å². The zero-order valence-electron chi connectivity index (χ0n) is 10.7. The Bertz CT molecular complexity index is 439. The van der Waals surface area contributed by atoms with Crippen LogP contribution in [0, 0.1) is 6.92 Å². The van der Waals surface area contributed by atoms with Crippen molar-refractivity contribution >= 4 is 17.5 Å². The van der Waals surface area contributed by atoms with Crippen LogP contribution in [0.25, 0.3) is 0 Å². The highest BCUT2D eigenvalue weighted by atomic mass is 35.5. The molecule has 18 heavy (non-hydrogen) atoms. The van der Waals surface area contributed by atoms with E-state index in [0.717, 1.165) is 25.1 Å². The van der Waals surface area contributed by atoms with Gasteiger partial charge in [0.25, 0.3) is 0 Å². The van der Waals surface area contributed by atoms with Gasteiger partial charge in [-0.1, -0.05) is 18.5 Å². The summed E-state index contributed by atoms with van der Waals surface area (Å²) >= 11 is 6.01. The topological polar surface area (TPSA) is 72.9 Å². The van der Waals surface area contributed by atoms with Crippen LogP contribution in [-0.4, -0.2) is 27.8 Å². The van der Waals surface area contributed by atoms with Crippen molar-refractivity contribution in [3.8, 4) is 0 Å². The van der Waals surface area contributed by atoms with Crippen LogP contribution < -0.4 is 11.1 Å². The largest absolute Gasteiger partial charge is 0.368 e. The zero-order chi connectivity index (χ0) is 13.3. The first-order valence-electron chi connectivity index (χ1n) is 6.24. The maximum atomic E-state index is 11.7. The van der Waals surface area contributed by atoms with Gasteiger partial charge in [-0.25, -0.2) is 0 Å². The molecule has 1 saturated carbocycles. The predicted molar refractivity (Wildman–Crippen MR) is 70.5 cm³/mol. The van der Waals surface area contributed by atoms with Gasteiger partial charge < -0.3 is 11.1 Å². The van der Waals surface area contributed by atoms with Crippen LogP contribution in [0.1, 0.15) is 37.9 Å². The SMILES string of the molecule is CCNC1(C(N)=O)CCC(n2cc(Cl)c(C)n2)C1. The monoisotopic (exact) mass is 270 g/mol. The minimum Gasteiger partial charge on any atom is -0.368 e. The van der Waals surface area contributed by atoms with Crippen molar-refractivity contribution in [3.63, 3.8) is 0 Å². The average Bonchev–Trinajstić information content (AvgIpc) is 2.86. The lowest BCUT2D eigenvalue weighted by Crippen LogP contribution is -2.53. The highest BCUT2D eigenvalue weighted by molar-refractivity contribution is 6.31. The smallest absolute Gasteiger partial charge is 0.237 e. The predicted octanol–water partition coefficient (Wildman–Crippen LogP) is 1.40. The van der Waals surface area contributed by atoms with Crippen molar-refractivity contribution in [1.29, 1.82) is 0 Å². The number of aryl methyl sites for hydroxylation is 1. The van der Waals surface area contributed by atoms with Crippen molar-refractivity contribution < 1.29 is 4.79 Å². The molecule has 1 aromatic heterocycles. The molecule has 0 saturated heterocycles. The van der Waals surface area contributed by atoms with E-state index in [1.165, 1.54) is 0 Å². The lowest BCUT2D eigenvalue weighted by atomic mass is 9.96. The van der Waals surface area contributed by atoms with Gasteiger partial charge >= 0.3 is 0 Å². The number of nitrogens with one attached hydrogen (secondary N) is 1. The van der Waals surface area contributed by atoms with Crippen LogP contribution in [0.15, 0.2) is 6.20 Å². The molecule has 0 aromatic carbocycles. The fourth-order valence-corrected chi connectivity index (χ4v) is 2.84. The highest BCUT2D eigenvalue weighted by Crippen LogP contribution is 2.38. The van der Waals surface area contributed by atoms with E-state index in [2.05, 4.69) is 10.4 Å². The fraction of sp³-hybridized carbons (Fsp3) is 0.667. The Kier molecular flexibility index (Phi) is 3.64. The number of amides is 1. The number of nitrogens with two attached hydrogens (primary N) is 1. The average molecular weight is 271 g/mol. The van der Waals surface area contributed by atoms with E-state index < -0.39 is 5.54 Å². The first-order chi connectivity index (χ1) is 8.48. The minimum absolute atomic E-state index is 0.183. The number of hydrogen-bond acceptors (Lipinski definition) is 3. The van der Waals surface area contributed by atoms with Gasteiger partial charge in [0.2, 0.25) is 5.91 Å². The molecule has 2 atom stereocenters. The number of rotatable bonds is 4. The molecule has 0 radical (unpaired) electrons. The first kappa shape index (κ1) is 13.4. The van der Waals surface area contributed by atoms with E-state index in [4.69, 9.17) is 17.3 Å². The minimum atomic E-state index is -0.592. The van der Waals surface area contributed by atoms with Gasteiger partial charge in [-0.15, -0.1) is 0 Å². The van der Waals surface area contributed by atoms with Gasteiger partial charge in [0.05, 0.1) is 22.3 Å². The number of halogens is 1. The summed E-state index contributed by atoms with van der Waals surface area (Å²) < 4.78 is 1.86. The summed E-state index contributed by atoms with van der Waals surface area (Å²) in [7, 11) is 0. The number of carbonyl (C=O) groups is 1. The van der Waals surface area contributed by atoms with Gasteiger partial charge in [-0.05, 0) is 32.7 Å². The molecule has 1 fully saturated rings. The first-order valence-corrected chi connectivity index (χ1v) is 6.62. The van der Waals surface area contributed by atoms with Crippen molar-refractivity contribution in [2.75, 3.05) is 6.54 Å². The third-order valence-electron chi connectivity index (χ3n) is 3.71. The molecule has 1 amide bonds. The second kappa shape index (κ2) is 4.90. The molecule has 0 aliphatic heterocycles. The summed E-state index contributed by atoms with van der Waals surface area (Å²) in [6.07, 6.45) is 4.13. The quantitative estimate of drug-likeness (QED) is 0.869. The van der Waals surface area contributed by atoms with Crippen LogP contribution in [0.2, 0.25) is 5.02 Å². The molecule has 1 aliphatic rings. The van der Waals surface area contributed by atoms with E-state index in [-0.39, 0.29) is 11.9 Å². The summed E-state index contributed by atoms with van der Waals surface area (Å²) in [5.41, 5.74) is 5.76. The van der Waals surface area contributed by atoms with E-state index in [9.17, 15) is 4.79 Å². The van der Waals surface area contributed by atoms with Gasteiger partial charge in [-0.2, -0.15) is 5.10 Å². The van der Waals surface area contributed by atoms with Crippen LogP contribution in [0.5, 0.6) is 0 Å². The van der Waals surface area contributed by atoms with Gasteiger partial charge in [0, 0.05) is 6.20 Å². The Morgan fingerprint density at radius 1 is 1.78 bits per heavy atom. The maximum Gasteiger partial charge on any atom is 0.237 e. The maximum absolute atomic E-state index is 11.7. The van der Waals surface area contributed by atoms with E-state index in [0.29, 0.717) is 11.4 Å². The summed E-state index contributed by atoms with van der Waals surface area (Å²) in [4.78, 5) is 11.7. The molecule has 6 heteroatoms. The fourth-order valence-electron chi connectivity index (χ4n) is 2.70. The second-order valence-electron chi connectivity index (χ2n) is 4.92. The number of hydrogen-bond donors (Lipinski definition) is 2. The molecule has 5 nitrogen and oxygen atoms in total. The molecular formula is C12H19ClN4O. The summed E-state index contributed by atoms with van der Waals surface area (Å²) in [5, 5.41) is 8.27. The molecular weight excluding hydrogens is 252 g/mol. The van der Waals surface area contributed by atoms with E-state index >= 15 is 0 Å². The normalized spacial score (nSPS) is 27.6. The Morgan fingerprint density at radius 3 is 3.00 bits per heavy atom. The molecule has 3 N–H and O–H groups in total. The third kappa shape index (κ3) is 2.24. The summed E-state index contributed by atoms with van der Waals surface area (Å²) in [6.45, 7) is 4.58. The lowest BCUT2D eigenvalue weighted by molar-refractivity contribution is -0.124. The van der Waals surface area contributed by atoms with E-state index in [1.54, 1.807) is 0 Å². The third-order valence-corrected chi connectivity index (χ3v) is 4.08. The van der Waals surface area contributed by atoms with Crippen LogP contribution in [-0.2, 0) is 4.79 Å². The van der Waals surface area contributed by atoms with E-state index in [1.807, 2.05) is 24.7 Å². The molecule has 2 rings (SSSR count). The van der Waals surface area contributed by atoms with Crippen molar-refractivity contribution in [2.45, 2.75) is 44.7 Å². The molecule has 2 unspecified atom stereocenters. The Labute approximate surface area is 112 Å². The number of aromatic nitrogens is 2.